The molecule has 7 heteroatoms. The molecule has 3 N–H and O–H groups in total. The van der Waals surface area contributed by atoms with Crippen LogP contribution in [0, 0.1) is 5.92 Å². The smallest absolute Gasteiger partial charge is 0.245 e. The van der Waals surface area contributed by atoms with Crippen LogP contribution >= 0.6 is 0 Å². The monoisotopic (exact) mass is 340 g/mol. The molecule has 1 aliphatic heterocycles. The van der Waals surface area contributed by atoms with E-state index in [1.165, 1.54) is 0 Å². The third-order valence-electron chi connectivity index (χ3n) is 4.15. The van der Waals surface area contributed by atoms with Crippen LogP contribution in [0.2, 0.25) is 0 Å². The minimum Gasteiger partial charge on any atom is -0.467 e. The molecule has 2 heterocycles. The van der Waals surface area contributed by atoms with E-state index >= 15 is 0 Å². The molecule has 0 bridgehead atoms. The van der Waals surface area contributed by atoms with E-state index in [0.717, 1.165) is 5.56 Å². The Morgan fingerprint density at radius 2 is 2.24 bits per heavy atom. The summed E-state index contributed by atoms with van der Waals surface area (Å²) in [5.74, 6) is -0.0450. The number of carbonyl (C=O) groups is 2. The molecule has 7 nitrogen and oxygen atoms in total. The molecular formula is C18H20N4O3. The summed E-state index contributed by atoms with van der Waals surface area (Å²) in [5, 5.41) is 4.12. The highest BCUT2D eigenvalue weighted by Gasteiger charge is 2.34. The van der Waals surface area contributed by atoms with Gasteiger partial charge in [0.05, 0.1) is 24.4 Å². The van der Waals surface area contributed by atoms with Crippen molar-refractivity contribution in [2.75, 3.05) is 12.3 Å². The second-order valence-corrected chi connectivity index (χ2v) is 6.05. The van der Waals surface area contributed by atoms with E-state index < -0.39 is 5.92 Å². The van der Waals surface area contributed by atoms with Gasteiger partial charge in [-0.2, -0.15) is 5.10 Å². The number of carbonyl (C=O) groups excluding carboxylic acids is 2. The summed E-state index contributed by atoms with van der Waals surface area (Å²) in [5.41, 5.74) is 10.4. The molecule has 3 rings (SSSR count). The zero-order valence-corrected chi connectivity index (χ0v) is 13.9. The predicted octanol–water partition coefficient (Wildman–Crippen LogP) is 1.75. The van der Waals surface area contributed by atoms with Gasteiger partial charge >= 0.3 is 0 Å². The fraction of sp³-hybridized carbons (Fsp3) is 0.278. The Hall–Kier alpha value is -3.09. The topological polar surface area (TPSA) is 101 Å². The Bertz CT molecular complexity index is 798. The fourth-order valence-electron chi connectivity index (χ4n) is 2.75. The summed E-state index contributed by atoms with van der Waals surface area (Å²) >= 11 is 0. The average molecular weight is 340 g/mol. The number of hydrazone groups is 1. The van der Waals surface area contributed by atoms with Crippen molar-refractivity contribution in [2.45, 2.75) is 19.9 Å². The molecule has 1 aliphatic rings. The van der Waals surface area contributed by atoms with Gasteiger partial charge in [-0.05, 0) is 36.8 Å². The number of benzene rings is 1. The van der Waals surface area contributed by atoms with Crippen molar-refractivity contribution in [3.8, 4) is 0 Å². The molecule has 1 saturated heterocycles. The molecule has 0 radical (unpaired) electrons. The Morgan fingerprint density at radius 3 is 2.96 bits per heavy atom. The van der Waals surface area contributed by atoms with Gasteiger partial charge in [0.15, 0.2) is 0 Å². The van der Waals surface area contributed by atoms with Gasteiger partial charge in [-0.1, -0.05) is 12.1 Å². The second-order valence-electron chi connectivity index (χ2n) is 6.05. The normalized spacial score (nSPS) is 17.8. The van der Waals surface area contributed by atoms with Gasteiger partial charge in [0.1, 0.15) is 5.76 Å². The molecule has 1 fully saturated rings. The first-order chi connectivity index (χ1) is 12.0. The lowest BCUT2D eigenvalue weighted by Crippen LogP contribution is -2.30. The molecule has 0 spiro atoms. The lowest BCUT2D eigenvalue weighted by molar-refractivity contribution is -0.129. The zero-order chi connectivity index (χ0) is 17.8. The van der Waals surface area contributed by atoms with Crippen LogP contribution in [0.4, 0.5) is 5.69 Å². The summed E-state index contributed by atoms with van der Waals surface area (Å²) in [6.07, 6.45) is 1.74. The maximum absolute atomic E-state index is 12.3. The number of hydrogen-bond donors (Lipinski definition) is 2. The first kappa shape index (κ1) is 16.8. The van der Waals surface area contributed by atoms with Crippen LogP contribution in [-0.2, 0) is 16.1 Å². The second kappa shape index (κ2) is 7.21. The standard InChI is InChI=1S/C18H20N4O3/c1-12(13-4-2-5-15(19)8-13)20-21-18(24)14-9-17(23)22(10-14)11-16-6-3-7-25-16/h2-8,14H,9-11,19H2,1H3,(H,21,24)/b20-12+. The number of likely N-dealkylation sites (tertiary alicyclic amines) is 1. The molecule has 25 heavy (non-hydrogen) atoms. The van der Waals surface area contributed by atoms with Gasteiger partial charge in [-0.3, -0.25) is 9.59 Å². The number of rotatable bonds is 5. The van der Waals surface area contributed by atoms with Crippen LogP contribution < -0.4 is 11.2 Å². The van der Waals surface area contributed by atoms with Gasteiger partial charge in [-0.15, -0.1) is 0 Å². The van der Waals surface area contributed by atoms with E-state index in [1.54, 1.807) is 42.4 Å². The van der Waals surface area contributed by atoms with E-state index in [9.17, 15) is 9.59 Å². The SMILES string of the molecule is C/C(=N\NC(=O)C1CC(=O)N(Cc2ccco2)C1)c1cccc(N)c1. The lowest BCUT2D eigenvalue weighted by atomic mass is 10.1. The van der Waals surface area contributed by atoms with Crippen LogP contribution in [0.1, 0.15) is 24.7 Å². The van der Waals surface area contributed by atoms with Gasteiger partial charge in [0, 0.05) is 18.7 Å². The zero-order valence-electron chi connectivity index (χ0n) is 13.9. The number of nitrogens with two attached hydrogens (primary N) is 1. The van der Waals surface area contributed by atoms with Crippen molar-refractivity contribution in [1.82, 2.24) is 10.3 Å². The molecule has 2 aromatic rings. The molecule has 1 atom stereocenters. The summed E-state index contributed by atoms with van der Waals surface area (Å²) in [4.78, 5) is 26.0. The number of nitrogen functional groups attached to an aromatic ring is 1. The van der Waals surface area contributed by atoms with Crippen LogP contribution in [0.15, 0.2) is 52.2 Å². The molecular weight excluding hydrogens is 320 g/mol. The van der Waals surface area contributed by atoms with Gasteiger partial charge in [-0.25, -0.2) is 5.43 Å². The molecule has 2 amide bonds. The van der Waals surface area contributed by atoms with Crippen molar-refractivity contribution in [3.05, 3.63) is 54.0 Å². The lowest BCUT2D eigenvalue weighted by Gasteiger charge is -2.14. The largest absolute Gasteiger partial charge is 0.467 e. The quantitative estimate of drug-likeness (QED) is 0.492. The predicted molar refractivity (Wildman–Crippen MR) is 93.4 cm³/mol. The van der Waals surface area contributed by atoms with Crippen LogP contribution in [-0.4, -0.2) is 29.0 Å². The maximum Gasteiger partial charge on any atom is 0.245 e. The van der Waals surface area contributed by atoms with Crippen molar-refractivity contribution >= 4 is 23.2 Å². The van der Waals surface area contributed by atoms with Gasteiger partial charge in [0.2, 0.25) is 11.8 Å². The molecule has 0 saturated carbocycles. The third-order valence-corrected chi connectivity index (χ3v) is 4.15. The Labute approximate surface area is 145 Å². The highest BCUT2D eigenvalue weighted by molar-refractivity contribution is 6.00. The first-order valence-electron chi connectivity index (χ1n) is 8.03. The van der Waals surface area contributed by atoms with E-state index in [0.29, 0.717) is 30.2 Å². The van der Waals surface area contributed by atoms with Crippen LogP contribution in [0.3, 0.4) is 0 Å². The van der Waals surface area contributed by atoms with Crippen molar-refractivity contribution in [1.29, 1.82) is 0 Å². The number of anilines is 1. The molecule has 130 valence electrons. The van der Waals surface area contributed by atoms with E-state index in [2.05, 4.69) is 10.5 Å². The Kier molecular flexibility index (Phi) is 4.83. The van der Waals surface area contributed by atoms with E-state index in [-0.39, 0.29) is 18.2 Å². The van der Waals surface area contributed by atoms with E-state index in [4.69, 9.17) is 10.2 Å². The average Bonchev–Trinajstić information content (AvgIpc) is 3.23. The van der Waals surface area contributed by atoms with Crippen LogP contribution in [0.5, 0.6) is 0 Å². The fourth-order valence-corrected chi connectivity index (χ4v) is 2.75. The molecule has 0 aliphatic carbocycles. The maximum atomic E-state index is 12.3. The third kappa shape index (κ3) is 4.06. The van der Waals surface area contributed by atoms with Gasteiger partial charge < -0.3 is 15.1 Å². The Balaban J connectivity index is 1.58. The number of amides is 2. The molecule has 1 unspecified atom stereocenters. The summed E-state index contributed by atoms with van der Waals surface area (Å²) in [6.45, 7) is 2.53. The van der Waals surface area contributed by atoms with Crippen LogP contribution in [0.25, 0.3) is 0 Å². The number of hydrogen-bond acceptors (Lipinski definition) is 5. The molecule has 1 aromatic carbocycles. The number of nitrogens with one attached hydrogen (secondary N) is 1. The molecule has 1 aromatic heterocycles. The number of nitrogens with zero attached hydrogens (tertiary/aromatic N) is 2. The van der Waals surface area contributed by atoms with Crippen molar-refractivity contribution in [3.63, 3.8) is 0 Å². The van der Waals surface area contributed by atoms with Crippen molar-refractivity contribution in [2.24, 2.45) is 11.0 Å². The summed E-state index contributed by atoms with van der Waals surface area (Å²) in [7, 11) is 0. The highest BCUT2D eigenvalue weighted by Crippen LogP contribution is 2.20. The van der Waals surface area contributed by atoms with E-state index in [1.807, 2.05) is 12.1 Å². The minimum absolute atomic E-state index is 0.0620. The summed E-state index contributed by atoms with van der Waals surface area (Å²) in [6, 6.07) is 10.8. The Morgan fingerprint density at radius 1 is 1.40 bits per heavy atom. The minimum atomic E-state index is -0.417. The number of furan rings is 1. The first-order valence-corrected chi connectivity index (χ1v) is 8.03. The van der Waals surface area contributed by atoms with Crippen molar-refractivity contribution < 1.29 is 14.0 Å². The summed E-state index contributed by atoms with van der Waals surface area (Å²) < 4.78 is 5.25. The van der Waals surface area contributed by atoms with Gasteiger partial charge in [0.25, 0.3) is 0 Å². The highest BCUT2D eigenvalue weighted by atomic mass is 16.3.